The van der Waals surface area contributed by atoms with Gasteiger partial charge in [0, 0.05) is 24.1 Å². The summed E-state index contributed by atoms with van der Waals surface area (Å²) in [4.78, 5) is 9.27. The summed E-state index contributed by atoms with van der Waals surface area (Å²) in [6.07, 6.45) is -1.04. The molecule has 0 amide bonds. The highest BCUT2D eigenvalue weighted by Gasteiger charge is 2.45. The van der Waals surface area contributed by atoms with Crippen molar-refractivity contribution in [1.29, 1.82) is 0 Å². The smallest absolute Gasteiger partial charge is 0.191 e. The van der Waals surface area contributed by atoms with Crippen LogP contribution >= 0.6 is 11.8 Å². The van der Waals surface area contributed by atoms with Crippen molar-refractivity contribution in [2.75, 3.05) is 24.3 Å². The Bertz CT molecular complexity index is 1230. The summed E-state index contributed by atoms with van der Waals surface area (Å²) in [5.74, 6) is -0.472. The van der Waals surface area contributed by atoms with Crippen LogP contribution in [0.3, 0.4) is 0 Å². The molecule has 1 aromatic carbocycles. The molecular weight excluding hydrogens is 494 g/mol. The van der Waals surface area contributed by atoms with Crippen LogP contribution in [0.4, 0.5) is 14.6 Å². The standard InChI is InChI=1S/C23H28F2N6O4S/c1-2-7-36-23-27-21(26-15-9-12(15)11-3-4-13(24)14(25)8-11)18-22(28-23)31(30-29-18)16-10-17(35-6-5-32)20(34)19(16)33/h3-4,8,12,15-17,19-20,32-34H,2,5-7,9-10H2,1H3,(H,26,27,28)/t12-,15+,16+,17-,19+,20-/m0/s1. The lowest BCUT2D eigenvalue weighted by atomic mass is 10.1. The molecule has 2 aliphatic carbocycles. The SMILES string of the molecule is CCCSc1nc(N[C@@H]2C[C@H]2c2ccc(F)c(F)c2)c2nnn([C@@H]3C[C@H](OCCO)[C@H](O)[C@@H]3O)c2n1. The highest BCUT2D eigenvalue weighted by Crippen LogP contribution is 2.44. The van der Waals surface area contributed by atoms with E-state index >= 15 is 0 Å². The molecule has 6 atom stereocenters. The van der Waals surface area contributed by atoms with Crippen molar-refractivity contribution >= 4 is 28.7 Å². The molecule has 2 fully saturated rings. The molecule has 3 aromatic rings. The Balaban J connectivity index is 1.43. The predicted molar refractivity (Wildman–Crippen MR) is 128 cm³/mol. The molecule has 0 spiro atoms. The molecule has 13 heteroatoms. The van der Waals surface area contributed by atoms with Gasteiger partial charge in [-0.25, -0.2) is 23.4 Å². The van der Waals surface area contributed by atoms with Crippen molar-refractivity contribution in [3.8, 4) is 0 Å². The van der Waals surface area contributed by atoms with Gasteiger partial charge < -0.3 is 25.4 Å². The molecule has 0 unspecified atom stereocenters. The molecule has 0 bridgehead atoms. The molecule has 36 heavy (non-hydrogen) atoms. The number of hydrogen-bond acceptors (Lipinski definition) is 10. The molecule has 0 aliphatic heterocycles. The van der Waals surface area contributed by atoms with E-state index in [1.807, 2.05) is 0 Å². The van der Waals surface area contributed by atoms with Gasteiger partial charge in [-0.2, -0.15) is 0 Å². The van der Waals surface area contributed by atoms with Crippen molar-refractivity contribution in [2.45, 2.75) is 67.7 Å². The molecule has 2 aliphatic rings. The van der Waals surface area contributed by atoms with Crippen LogP contribution < -0.4 is 5.32 Å². The number of thioether (sulfide) groups is 1. The average Bonchev–Trinajstić information content (AvgIpc) is 3.41. The second kappa shape index (κ2) is 10.5. The lowest BCUT2D eigenvalue weighted by molar-refractivity contribution is -0.0629. The van der Waals surface area contributed by atoms with Crippen LogP contribution in [-0.2, 0) is 4.74 Å². The van der Waals surface area contributed by atoms with E-state index in [-0.39, 0.29) is 31.6 Å². The zero-order valence-electron chi connectivity index (χ0n) is 19.6. The number of aromatic nitrogens is 5. The Labute approximate surface area is 210 Å². The van der Waals surface area contributed by atoms with Gasteiger partial charge in [0.25, 0.3) is 0 Å². The minimum Gasteiger partial charge on any atom is -0.394 e. The van der Waals surface area contributed by atoms with Gasteiger partial charge in [0.2, 0.25) is 0 Å². The average molecular weight is 523 g/mol. The Morgan fingerprint density at radius 2 is 2.00 bits per heavy atom. The number of fused-ring (bicyclic) bond motifs is 1. The van der Waals surface area contributed by atoms with Gasteiger partial charge in [-0.1, -0.05) is 30.0 Å². The molecule has 0 radical (unpaired) electrons. The maximum absolute atomic E-state index is 13.7. The summed E-state index contributed by atoms with van der Waals surface area (Å²) in [5, 5.41) is 42.5. The van der Waals surface area contributed by atoms with E-state index < -0.39 is 36.0 Å². The zero-order valence-corrected chi connectivity index (χ0v) is 20.4. The first-order valence-corrected chi connectivity index (χ1v) is 13.0. The topological polar surface area (TPSA) is 138 Å². The summed E-state index contributed by atoms with van der Waals surface area (Å²) in [6.45, 7) is 1.91. The quantitative estimate of drug-likeness (QED) is 0.231. The molecule has 2 heterocycles. The number of nitrogens with one attached hydrogen (secondary N) is 1. The Morgan fingerprint density at radius 3 is 2.75 bits per heavy atom. The van der Waals surface area contributed by atoms with Gasteiger partial charge in [-0.3, -0.25) is 0 Å². The second-order valence-electron chi connectivity index (χ2n) is 9.09. The Morgan fingerprint density at radius 1 is 1.17 bits per heavy atom. The number of halogens is 2. The maximum Gasteiger partial charge on any atom is 0.191 e. The number of ether oxygens (including phenoxy) is 1. The summed E-state index contributed by atoms with van der Waals surface area (Å²) in [7, 11) is 0. The van der Waals surface area contributed by atoms with E-state index in [1.165, 1.54) is 22.5 Å². The summed E-state index contributed by atoms with van der Waals surface area (Å²) < 4.78 is 34.0. The molecule has 2 aromatic heterocycles. The monoisotopic (exact) mass is 522 g/mol. The summed E-state index contributed by atoms with van der Waals surface area (Å²) in [6, 6.07) is 3.26. The van der Waals surface area contributed by atoms with E-state index in [9.17, 15) is 19.0 Å². The molecule has 0 saturated heterocycles. The lowest BCUT2D eigenvalue weighted by Crippen LogP contribution is -2.33. The minimum absolute atomic E-state index is 0.00291. The van der Waals surface area contributed by atoms with E-state index in [0.717, 1.165) is 24.7 Å². The predicted octanol–water partition coefficient (Wildman–Crippen LogP) is 2.01. The normalized spacial score (nSPS) is 27.6. The number of aliphatic hydroxyl groups is 3. The lowest BCUT2D eigenvalue weighted by Gasteiger charge is -2.17. The summed E-state index contributed by atoms with van der Waals surface area (Å²) in [5.41, 5.74) is 1.53. The third-order valence-electron chi connectivity index (χ3n) is 6.56. The Hall–Kier alpha value is -2.45. The van der Waals surface area contributed by atoms with Crippen LogP contribution in [0.1, 0.15) is 43.7 Å². The molecule has 194 valence electrons. The molecule has 10 nitrogen and oxygen atoms in total. The second-order valence-corrected chi connectivity index (χ2v) is 10.2. The molecule has 5 rings (SSSR count). The number of hydrogen-bond donors (Lipinski definition) is 4. The number of anilines is 1. The fraction of sp³-hybridized carbons (Fsp3) is 0.565. The number of rotatable bonds is 10. The highest BCUT2D eigenvalue weighted by molar-refractivity contribution is 7.99. The fourth-order valence-corrected chi connectivity index (χ4v) is 5.31. The Kier molecular flexibility index (Phi) is 7.35. The number of benzene rings is 1. The largest absolute Gasteiger partial charge is 0.394 e. The van der Waals surface area contributed by atoms with Gasteiger partial charge in [0.05, 0.1) is 25.4 Å². The van der Waals surface area contributed by atoms with Crippen molar-refractivity contribution in [1.82, 2.24) is 25.0 Å². The molecular formula is C23H28F2N6O4S. The minimum atomic E-state index is -1.15. The third kappa shape index (κ3) is 4.90. The van der Waals surface area contributed by atoms with Gasteiger partial charge >= 0.3 is 0 Å². The number of aliphatic hydroxyl groups excluding tert-OH is 3. The molecule has 4 N–H and O–H groups in total. The summed E-state index contributed by atoms with van der Waals surface area (Å²) >= 11 is 1.48. The van der Waals surface area contributed by atoms with Crippen LogP contribution in [0, 0.1) is 11.6 Å². The van der Waals surface area contributed by atoms with Gasteiger partial charge in [0.1, 0.15) is 12.2 Å². The molecule has 2 saturated carbocycles. The first-order chi connectivity index (χ1) is 17.4. The highest BCUT2D eigenvalue weighted by atomic mass is 32.2. The maximum atomic E-state index is 13.7. The van der Waals surface area contributed by atoms with Crippen LogP contribution in [0.25, 0.3) is 11.2 Å². The number of nitrogens with zero attached hydrogens (tertiary/aromatic N) is 5. The van der Waals surface area contributed by atoms with E-state index in [1.54, 1.807) is 6.07 Å². The first-order valence-electron chi connectivity index (χ1n) is 12.0. The third-order valence-corrected chi connectivity index (χ3v) is 7.61. The van der Waals surface area contributed by atoms with E-state index in [4.69, 9.17) is 9.84 Å². The van der Waals surface area contributed by atoms with Crippen molar-refractivity contribution in [3.63, 3.8) is 0 Å². The van der Waals surface area contributed by atoms with E-state index in [2.05, 4.69) is 32.5 Å². The van der Waals surface area contributed by atoms with Crippen LogP contribution in [0.15, 0.2) is 23.4 Å². The van der Waals surface area contributed by atoms with Crippen molar-refractivity contribution in [3.05, 3.63) is 35.4 Å². The van der Waals surface area contributed by atoms with Crippen molar-refractivity contribution < 1.29 is 28.8 Å². The zero-order chi connectivity index (χ0) is 25.4. The van der Waals surface area contributed by atoms with Crippen LogP contribution in [0.5, 0.6) is 0 Å². The van der Waals surface area contributed by atoms with Gasteiger partial charge in [0.15, 0.2) is 33.8 Å². The van der Waals surface area contributed by atoms with Gasteiger partial charge in [-0.05, 0) is 30.5 Å². The van der Waals surface area contributed by atoms with Crippen LogP contribution in [0.2, 0.25) is 0 Å². The van der Waals surface area contributed by atoms with E-state index in [0.29, 0.717) is 27.7 Å². The van der Waals surface area contributed by atoms with Crippen molar-refractivity contribution in [2.24, 2.45) is 0 Å². The van der Waals surface area contributed by atoms with Gasteiger partial charge in [-0.15, -0.1) is 5.10 Å². The van der Waals surface area contributed by atoms with Crippen LogP contribution in [-0.4, -0.2) is 83.6 Å². The fourth-order valence-electron chi connectivity index (χ4n) is 4.61. The first kappa shape index (κ1) is 25.2.